The number of amides is 1. The minimum Gasteiger partial charge on any atom is -0.478 e. The summed E-state index contributed by atoms with van der Waals surface area (Å²) < 4.78 is 16.1. The predicted octanol–water partition coefficient (Wildman–Crippen LogP) is 2.81. The fourth-order valence-corrected chi connectivity index (χ4v) is 2.35. The molecule has 1 atom stereocenters. The standard InChI is InChI=1S/C17H21NO6/c1-4-10-6-7-14(23-10)12(9-22-3)18-16(19)15-8-11(17(20)21)13(5-2)24-15/h6-8,12H,4-5,9H2,1-3H3,(H,18,19)(H,20,21). The van der Waals surface area contributed by atoms with Crippen molar-refractivity contribution in [2.45, 2.75) is 32.7 Å². The molecule has 24 heavy (non-hydrogen) atoms. The first-order valence-corrected chi connectivity index (χ1v) is 7.74. The van der Waals surface area contributed by atoms with Gasteiger partial charge < -0.3 is 24.0 Å². The number of aromatic carboxylic acids is 1. The van der Waals surface area contributed by atoms with Crippen LogP contribution in [0.15, 0.2) is 27.0 Å². The van der Waals surface area contributed by atoms with Crippen LogP contribution in [-0.2, 0) is 17.6 Å². The lowest BCUT2D eigenvalue weighted by Crippen LogP contribution is -2.30. The van der Waals surface area contributed by atoms with E-state index in [-0.39, 0.29) is 23.7 Å². The average Bonchev–Trinajstić information content (AvgIpc) is 3.21. The van der Waals surface area contributed by atoms with Crippen LogP contribution in [0.3, 0.4) is 0 Å². The first-order chi connectivity index (χ1) is 11.5. The van der Waals surface area contributed by atoms with Gasteiger partial charge in [0, 0.05) is 26.0 Å². The van der Waals surface area contributed by atoms with Gasteiger partial charge in [-0.3, -0.25) is 4.79 Å². The Morgan fingerprint density at radius 2 is 2.00 bits per heavy atom. The summed E-state index contributed by atoms with van der Waals surface area (Å²) in [7, 11) is 1.52. The molecule has 2 rings (SSSR count). The van der Waals surface area contributed by atoms with Gasteiger partial charge in [0.1, 0.15) is 28.9 Å². The number of rotatable bonds is 8. The summed E-state index contributed by atoms with van der Waals surface area (Å²) in [6.07, 6.45) is 1.13. The number of hydrogen-bond donors (Lipinski definition) is 2. The highest BCUT2D eigenvalue weighted by Gasteiger charge is 2.24. The van der Waals surface area contributed by atoms with Crippen LogP contribution in [0.1, 0.15) is 58.1 Å². The maximum atomic E-state index is 12.4. The lowest BCUT2D eigenvalue weighted by Gasteiger charge is -2.15. The summed E-state index contributed by atoms with van der Waals surface area (Å²) in [4.78, 5) is 23.6. The van der Waals surface area contributed by atoms with Crippen LogP contribution < -0.4 is 5.32 Å². The number of aryl methyl sites for hydroxylation is 2. The van der Waals surface area contributed by atoms with Crippen LogP contribution in [0.5, 0.6) is 0 Å². The molecule has 7 nitrogen and oxygen atoms in total. The molecule has 0 fully saturated rings. The molecule has 1 amide bonds. The van der Waals surface area contributed by atoms with Crippen LogP contribution in [0.2, 0.25) is 0 Å². The van der Waals surface area contributed by atoms with Crippen LogP contribution in [-0.4, -0.2) is 30.7 Å². The molecular formula is C17H21NO6. The summed E-state index contributed by atoms with van der Waals surface area (Å²) in [6.45, 7) is 3.94. The first kappa shape index (κ1) is 17.8. The Kier molecular flexibility index (Phi) is 5.81. The average molecular weight is 335 g/mol. The van der Waals surface area contributed by atoms with Crippen molar-refractivity contribution in [3.8, 4) is 0 Å². The highest BCUT2D eigenvalue weighted by atomic mass is 16.5. The molecular weight excluding hydrogens is 314 g/mol. The van der Waals surface area contributed by atoms with Gasteiger partial charge >= 0.3 is 5.97 Å². The van der Waals surface area contributed by atoms with Crippen molar-refractivity contribution >= 4 is 11.9 Å². The third kappa shape index (κ3) is 3.86. The van der Waals surface area contributed by atoms with Crippen LogP contribution in [0.25, 0.3) is 0 Å². The van der Waals surface area contributed by atoms with Gasteiger partial charge in [-0.25, -0.2) is 4.79 Å². The quantitative estimate of drug-likeness (QED) is 0.769. The highest BCUT2D eigenvalue weighted by molar-refractivity contribution is 5.96. The molecule has 0 aliphatic carbocycles. The number of ether oxygens (including phenoxy) is 1. The van der Waals surface area contributed by atoms with Crippen LogP contribution >= 0.6 is 0 Å². The highest BCUT2D eigenvalue weighted by Crippen LogP contribution is 2.20. The SMILES string of the molecule is CCc1ccc(C(COC)NC(=O)c2cc(C(=O)O)c(CC)o2)o1. The van der Waals surface area contributed by atoms with Crippen molar-refractivity contribution in [2.75, 3.05) is 13.7 Å². The van der Waals surface area contributed by atoms with E-state index in [0.29, 0.717) is 12.2 Å². The Hall–Kier alpha value is -2.54. The minimum absolute atomic E-state index is 0.00258. The van der Waals surface area contributed by atoms with E-state index >= 15 is 0 Å². The molecule has 7 heteroatoms. The summed E-state index contributed by atoms with van der Waals surface area (Å²) in [5, 5.41) is 11.9. The van der Waals surface area contributed by atoms with Crippen molar-refractivity contribution in [1.82, 2.24) is 5.32 Å². The second-order valence-electron chi connectivity index (χ2n) is 5.25. The smallest absolute Gasteiger partial charge is 0.339 e. The maximum absolute atomic E-state index is 12.4. The number of furan rings is 2. The first-order valence-electron chi connectivity index (χ1n) is 7.74. The zero-order valence-corrected chi connectivity index (χ0v) is 13.9. The summed E-state index contributed by atoms with van der Waals surface area (Å²) in [5.74, 6) is -0.0483. The van der Waals surface area contributed by atoms with Crippen LogP contribution in [0.4, 0.5) is 0 Å². The van der Waals surface area contributed by atoms with Gasteiger partial charge in [0.05, 0.1) is 6.61 Å². The van der Waals surface area contributed by atoms with Gasteiger partial charge in [0.15, 0.2) is 5.76 Å². The Morgan fingerprint density at radius 3 is 2.50 bits per heavy atom. The van der Waals surface area contributed by atoms with Gasteiger partial charge in [0.2, 0.25) is 0 Å². The van der Waals surface area contributed by atoms with Gasteiger partial charge in [-0.2, -0.15) is 0 Å². The molecule has 2 N–H and O–H groups in total. The Bertz CT molecular complexity index is 714. The number of carboxylic acid groups (broad SMARTS) is 1. The fraction of sp³-hybridized carbons (Fsp3) is 0.412. The maximum Gasteiger partial charge on any atom is 0.339 e. The summed E-state index contributed by atoms with van der Waals surface area (Å²) in [5.41, 5.74) is -0.00258. The zero-order valence-electron chi connectivity index (χ0n) is 13.9. The van der Waals surface area contributed by atoms with E-state index in [4.69, 9.17) is 18.7 Å². The molecule has 2 aromatic heterocycles. The van der Waals surface area contributed by atoms with Gasteiger partial charge in [-0.1, -0.05) is 13.8 Å². The molecule has 0 saturated carbocycles. The molecule has 130 valence electrons. The number of nitrogens with one attached hydrogen (secondary N) is 1. The number of carbonyl (C=O) groups is 2. The second kappa shape index (κ2) is 7.83. The molecule has 2 heterocycles. The molecule has 0 bridgehead atoms. The van der Waals surface area contributed by atoms with E-state index in [2.05, 4.69) is 5.32 Å². The lowest BCUT2D eigenvalue weighted by molar-refractivity contribution is 0.0694. The van der Waals surface area contributed by atoms with Gasteiger partial charge in [0.25, 0.3) is 5.91 Å². The topological polar surface area (TPSA) is 102 Å². The number of hydrogen-bond acceptors (Lipinski definition) is 5. The Labute approximate surface area is 139 Å². The second-order valence-corrected chi connectivity index (χ2v) is 5.25. The van der Waals surface area contributed by atoms with E-state index in [1.807, 2.05) is 13.0 Å². The van der Waals surface area contributed by atoms with Crippen molar-refractivity contribution < 1.29 is 28.3 Å². The molecule has 0 aliphatic heterocycles. The summed E-state index contributed by atoms with van der Waals surface area (Å²) in [6, 6.07) is 4.37. The van der Waals surface area contributed by atoms with E-state index in [1.165, 1.54) is 13.2 Å². The molecule has 1 unspecified atom stereocenters. The Morgan fingerprint density at radius 1 is 1.25 bits per heavy atom. The summed E-state index contributed by atoms with van der Waals surface area (Å²) >= 11 is 0. The number of carbonyl (C=O) groups excluding carboxylic acids is 1. The monoisotopic (exact) mass is 335 g/mol. The Balaban J connectivity index is 2.20. The van der Waals surface area contributed by atoms with Gasteiger partial charge in [-0.15, -0.1) is 0 Å². The van der Waals surface area contributed by atoms with Crippen molar-refractivity contribution in [1.29, 1.82) is 0 Å². The van der Waals surface area contributed by atoms with E-state index in [9.17, 15) is 9.59 Å². The molecule has 2 aromatic rings. The van der Waals surface area contributed by atoms with Crippen molar-refractivity contribution in [2.24, 2.45) is 0 Å². The molecule has 0 saturated heterocycles. The zero-order chi connectivity index (χ0) is 17.7. The van der Waals surface area contributed by atoms with Crippen molar-refractivity contribution in [3.63, 3.8) is 0 Å². The normalized spacial score (nSPS) is 12.1. The molecule has 0 aromatic carbocycles. The third-order valence-corrected chi connectivity index (χ3v) is 3.60. The molecule has 0 radical (unpaired) electrons. The number of carboxylic acids is 1. The molecule has 0 aliphatic rings. The predicted molar refractivity (Wildman–Crippen MR) is 85.2 cm³/mol. The minimum atomic E-state index is -1.12. The van der Waals surface area contributed by atoms with E-state index < -0.39 is 17.9 Å². The van der Waals surface area contributed by atoms with E-state index in [1.54, 1.807) is 13.0 Å². The third-order valence-electron chi connectivity index (χ3n) is 3.60. The van der Waals surface area contributed by atoms with Crippen molar-refractivity contribution in [3.05, 3.63) is 46.8 Å². The fourth-order valence-electron chi connectivity index (χ4n) is 2.35. The van der Waals surface area contributed by atoms with Crippen LogP contribution in [0, 0.1) is 0 Å². The van der Waals surface area contributed by atoms with Gasteiger partial charge in [-0.05, 0) is 12.1 Å². The van der Waals surface area contributed by atoms with E-state index in [0.717, 1.165) is 12.2 Å². The largest absolute Gasteiger partial charge is 0.478 e. The number of methoxy groups -OCH3 is 1. The lowest BCUT2D eigenvalue weighted by atomic mass is 10.2. The molecule has 0 spiro atoms.